The van der Waals surface area contributed by atoms with Gasteiger partial charge in [0.05, 0.1) is 19.6 Å². The summed E-state index contributed by atoms with van der Waals surface area (Å²) in [5.74, 6) is 0.317. The third-order valence-electron chi connectivity index (χ3n) is 5.42. The van der Waals surface area contributed by atoms with Crippen molar-refractivity contribution < 1.29 is 19.1 Å². The Morgan fingerprint density at radius 1 is 0.971 bits per heavy atom. The van der Waals surface area contributed by atoms with E-state index in [0.29, 0.717) is 35.2 Å². The Labute approximate surface area is 198 Å². The summed E-state index contributed by atoms with van der Waals surface area (Å²) in [4.78, 5) is 38.0. The molecule has 0 saturated heterocycles. The molecule has 0 aliphatic heterocycles. The highest BCUT2D eigenvalue weighted by Crippen LogP contribution is 2.23. The number of hydrazine groups is 1. The lowest BCUT2D eigenvalue weighted by molar-refractivity contribution is -0.121. The quantitative estimate of drug-likeness (QED) is 0.351. The molecule has 1 heterocycles. The minimum atomic E-state index is -0.586. The third kappa shape index (κ3) is 6.12. The Morgan fingerprint density at radius 3 is 2.29 bits per heavy atom. The zero-order valence-corrected chi connectivity index (χ0v) is 19.7. The predicted molar refractivity (Wildman–Crippen MR) is 129 cm³/mol. The summed E-state index contributed by atoms with van der Waals surface area (Å²) < 4.78 is 11.8. The van der Waals surface area contributed by atoms with Gasteiger partial charge in [0.15, 0.2) is 5.69 Å². The van der Waals surface area contributed by atoms with Gasteiger partial charge in [-0.3, -0.25) is 25.2 Å². The molecule has 180 valence electrons. The number of nitrogens with one attached hydrogen (secondary N) is 2. The van der Waals surface area contributed by atoms with Gasteiger partial charge >= 0.3 is 0 Å². The fourth-order valence-corrected chi connectivity index (χ4v) is 3.58. The first-order chi connectivity index (χ1) is 16.5. The second kappa shape index (κ2) is 11.8. The molecule has 1 aromatic heterocycles. The molecule has 0 aliphatic rings. The smallest absolute Gasteiger partial charge is 0.290 e. The number of aryl methyl sites for hydroxylation is 2. The Morgan fingerprint density at radius 2 is 1.65 bits per heavy atom. The van der Waals surface area contributed by atoms with Gasteiger partial charge in [0, 0.05) is 24.4 Å². The second-order valence-corrected chi connectivity index (χ2v) is 7.85. The van der Waals surface area contributed by atoms with E-state index in [1.165, 1.54) is 4.68 Å². The number of nitrogens with zero attached hydrogens (tertiary/aromatic N) is 2. The Hall–Kier alpha value is -3.88. The molecule has 0 unspecified atom stereocenters. The van der Waals surface area contributed by atoms with Gasteiger partial charge in [0.2, 0.25) is 5.91 Å². The van der Waals surface area contributed by atoms with Crippen LogP contribution in [-0.4, -0.2) is 35.8 Å². The van der Waals surface area contributed by atoms with E-state index in [9.17, 15) is 14.4 Å². The van der Waals surface area contributed by atoms with Crippen molar-refractivity contribution in [3.05, 3.63) is 64.1 Å². The number of rotatable bonds is 10. The van der Waals surface area contributed by atoms with Crippen LogP contribution in [0, 0.1) is 0 Å². The van der Waals surface area contributed by atoms with Crippen LogP contribution in [0.3, 0.4) is 0 Å². The topological polar surface area (TPSA) is 112 Å². The summed E-state index contributed by atoms with van der Waals surface area (Å²) in [5, 5.41) is 5.15. The minimum absolute atomic E-state index is 0.0875. The van der Waals surface area contributed by atoms with Crippen LogP contribution in [0.4, 0.5) is 0 Å². The number of fused-ring (bicyclic) bond motifs is 1. The largest absolute Gasteiger partial charge is 0.497 e. The van der Waals surface area contributed by atoms with Gasteiger partial charge in [-0.15, -0.1) is 0 Å². The molecule has 2 aromatic carbocycles. The molecule has 0 fully saturated rings. The second-order valence-electron chi connectivity index (χ2n) is 7.85. The van der Waals surface area contributed by atoms with Crippen molar-refractivity contribution in [2.24, 2.45) is 0 Å². The van der Waals surface area contributed by atoms with Crippen molar-refractivity contribution in [1.82, 2.24) is 20.6 Å². The van der Waals surface area contributed by atoms with Gasteiger partial charge < -0.3 is 9.47 Å². The highest BCUT2D eigenvalue weighted by molar-refractivity contribution is 6.05. The molecule has 2 N–H and O–H groups in total. The first kappa shape index (κ1) is 24.8. The summed E-state index contributed by atoms with van der Waals surface area (Å²) in [7, 11) is 3.12. The molecule has 0 radical (unpaired) electrons. The fourth-order valence-electron chi connectivity index (χ4n) is 3.58. The predicted octanol–water partition coefficient (Wildman–Crippen LogP) is 3.00. The molecule has 3 aromatic rings. The van der Waals surface area contributed by atoms with Crippen molar-refractivity contribution in [1.29, 1.82) is 0 Å². The maximum Gasteiger partial charge on any atom is 0.290 e. The van der Waals surface area contributed by atoms with E-state index in [0.717, 1.165) is 24.8 Å². The van der Waals surface area contributed by atoms with Gasteiger partial charge in [0.1, 0.15) is 11.5 Å². The summed E-state index contributed by atoms with van der Waals surface area (Å²) in [6, 6.07) is 12.2. The normalized spacial score (nSPS) is 10.7. The average Bonchev–Trinajstić information content (AvgIpc) is 2.87. The molecular weight excluding hydrogens is 436 g/mol. The number of carbonyl (C=O) groups is 2. The monoisotopic (exact) mass is 466 g/mol. The molecule has 2 amide bonds. The van der Waals surface area contributed by atoms with Gasteiger partial charge in [0.25, 0.3) is 11.5 Å². The lowest BCUT2D eigenvalue weighted by atomic mass is 10.1. The van der Waals surface area contributed by atoms with Crippen molar-refractivity contribution in [2.45, 2.75) is 45.6 Å². The van der Waals surface area contributed by atoms with Crippen LogP contribution in [0.25, 0.3) is 10.8 Å². The number of ether oxygens (including phenoxy) is 2. The molecule has 0 saturated carbocycles. The highest BCUT2D eigenvalue weighted by Gasteiger charge is 2.17. The molecule has 9 heteroatoms. The Kier molecular flexibility index (Phi) is 8.61. The number of hydrogen-bond acceptors (Lipinski definition) is 6. The van der Waals surface area contributed by atoms with E-state index in [4.69, 9.17) is 9.47 Å². The maximum atomic E-state index is 12.9. The standard InChI is InChI=1S/C25H30N4O5/c1-4-5-8-13-29-25(32)21-10-7-6-9-20(21)23(28-29)24(31)27-26-22(30)12-11-17-14-18(33-2)16-19(15-17)34-3/h6-7,9-10,14-16H,4-5,8,11-13H2,1-3H3,(H,26,30)(H,27,31). The van der Waals surface area contributed by atoms with Crippen LogP contribution in [-0.2, 0) is 17.8 Å². The number of benzene rings is 2. The van der Waals surface area contributed by atoms with Crippen molar-refractivity contribution >= 4 is 22.6 Å². The lowest BCUT2D eigenvalue weighted by Crippen LogP contribution is -2.43. The van der Waals surface area contributed by atoms with E-state index < -0.39 is 5.91 Å². The number of carbonyl (C=O) groups excluding carboxylic acids is 2. The van der Waals surface area contributed by atoms with Crippen LogP contribution in [0.5, 0.6) is 11.5 Å². The van der Waals surface area contributed by atoms with E-state index in [-0.39, 0.29) is 23.6 Å². The summed E-state index contributed by atoms with van der Waals surface area (Å²) in [6.07, 6.45) is 3.32. The fraction of sp³-hybridized carbons (Fsp3) is 0.360. The van der Waals surface area contributed by atoms with Crippen molar-refractivity contribution in [2.75, 3.05) is 14.2 Å². The highest BCUT2D eigenvalue weighted by atomic mass is 16.5. The van der Waals surface area contributed by atoms with Crippen LogP contribution in [0.15, 0.2) is 47.3 Å². The number of aromatic nitrogens is 2. The van der Waals surface area contributed by atoms with Crippen LogP contribution in [0.2, 0.25) is 0 Å². The van der Waals surface area contributed by atoms with Gasteiger partial charge in [-0.2, -0.15) is 5.10 Å². The van der Waals surface area contributed by atoms with Crippen LogP contribution < -0.4 is 25.9 Å². The third-order valence-corrected chi connectivity index (χ3v) is 5.42. The Bertz CT molecular complexity index is 1200. The van der Waals surface area contributed by atoms with Crippen LogP contribution >= 0.6 is 0 Å². The maximum absolute atomic E-state index is 12.9. The zero-order chi connectivity index (χ0) is 24.5. The number of methoxy groups -OCH3 is 2. The van der Waals surface area contributed by atoms with Gasteiger partial charge in [-0.05, 0) is 36.6 Å². The molecule has 0 spiro atoms. The van der Waals surface area contributed by atoms with Gasteiger partial charge in [-0.1, -0.05) is 38.0 Å². The first-order valence-electron chi connectivity index (χ1n) is 11.3. The zero-order valence-electron chi connectivity index (χ0n) is 19.7. The Balaban J connectivity index is 1.68. The molecule has 3 rings (SSSR count). The van der Waals surface area contributed by atoms with E-state index >= 15 is 0 Å². The van der Waals surface area contributed by atoms with Crippen molar-refractivity contribution in [3.63, 3.8) is 0 Å². The molecule has 34 heavy (non-hydrogen) atoms. The number of amides is 2. The number of hydrogen-bond donors (Lipinski definition) is 2. The first-order valence-corrected chi connectivity index (χ1v) is 11.3. The molecular formula is C25H30N4O5. The van der Waals surface area contributed by atoms with E-state index in [2.05, 4.69) is 22.9 Å². The number of unbranched alkanes of at least 4 members (excludes halogenated alkanes) is 2. The van der Waals surface area contributed by atoms with Crippen LogP contribution in [0.1, 0.15) is 48.7 Å². The average molecular weight is 467 g/mol. The molecule has 9 nitrogen and oxygen atoms in total. The molecule has 0 atom stereocenters. The van der Waals surface area contributed by atoms with Crippen molar-refractivity contribution in [3.8, 4) is 11.5 Å². The van der Waals surface area contributed by atoms with Gasteiger partial charge in [-0.25, -0.2) is 4.68 Å². The van der Waals surface area contributed by atoms with E-state index in [1.54, 1.807) is 44.6 Å². The molecule has 0 bridgehead atoms. The summed E-state index contributed by atoms with van der Waals surface area (Å²) >= 11 is 0. The van der Waals surface area contributed by atoms with E-state index in [1.807, 2.05) is 12.1 Å². The minimum Gasteiger partial charge on any atom is -0.497 e. The molecule has 0 aliphatic carbocycles. The lowest BCUT2D eigenvalue weighted by Gasteiger charge is -2.12. The summed E-state index contributed by atoms with van der Waals surface area (Å²) in [6.45, 7) is 2.50. The SMILES string of the molecule is CCCCCn1nc(C(=O)NNC(=O)CCc2cc(OC)cc(OC)c2)c2ccccc2c1=O. The summed E-state index contributed by atoms with van der Waals surface area (Å²) in [5.41, 5.74) is 5.57.